The topological polar surface area (TPSA) is 41.6 Å². The molecule has 1 amide bonds. The van der Waals surface area contributed by atoms with Gasteiger partial charge in [-0.25, -0.2) is 0 Å². The summed E-state index contributed by atoms with van der Waals surface area (Å²) in [6.07, 6.45) is 5.21. The van der Waals surface area contributed by atoms with Crippen LogP contribution in [0.15, 0.2) is 54.6 Å². The molecule has 1 atom stereocenters. The van der Waals surface area contributed by atoms with Crippen LogP contribution >= 0.6 is 0 Å². The summed E-state index contributed by atoms with van der Waals surface area (Å²) >= 11 is 0. The predicted octanol–water partition coefficient (Wildman–Crippen LogP) is 4.11. The average molecular weight is 362 g/mol. The van der Waals surface area contributed by atoms with Gasteiger partial charge in [-0.1, -0.05) is 57.2 Å². The van der Waals surface area contributed by atoms with Crippen molar-refractivity contribution < 1.29 is 9.53 Å². The lowest BCUT2D eigenvalue weighted by Crippen LogP contribution is -2.58. The lowest BCUT2D eigenvalue weighted by atomic mass is 9.75. The molecule has 0 unspecified atom stereocenters. The summed E-state index contributed by atoms with van der Waals surface area (Å²) in [4.78, 5) is 14.5. The molecule has 0 aromatic heterocycles. The number of hydrogen-bond donors (Lipinski definition) is 1. The van der Waals surface area contributed by atoms with Gasteiger partial charge in [-0.15, -0.1) is 0 Å². The zero-order valence-corrected chi connectivity index (χ0v) is 16.2. The summed E-state index contributed by atoms with van der Waals surface area (Å²) in [6, 6.07) is 16.4. The third-order valence-corrected chi connectivity index (χ3v) is 5.73. The van der Waals surface area contributed by atoms with Crippen LogP contribution < -0.4 is 15.0 Å². The van der Waals surface area contributed by atoms with E-state index in [-0.39, 0.29) is 11.3 Å². The Morgan fingerprint density at radius 1 is 1.19 bits per heavy atom. The summed E-state index contributed by atoms with van der Waals surface area (Å²) < 4.78 is 5.75. The van der Waals surface area contributed by atoms with Gasteiger partial charge >= 0.3 is 0 Å². The molecule has 0 spiro atoms. The molecule has 2 aromatic carbocycles. The maximum absolute atomic E-state index is 12.3. The van der Waals surface area contributed by atoms with Crippen molar-refractivity contribution in [2.24, 2.45) is 0 Å². The van der Waals surface area contributed by atoms with Gasteiger partial charge in [-0.05, 0) is 41.8 Å². The number of ether oxygens (including phenoxy) is 1. The number of benzene rings is 2. The fourth-order valence-corrected chi connectivity index (χ4v) is 4.28. The number of nitrogens with one attached hydrogen (secondary N) is 1. The third-order valence-electron chi connectivity index (χ3n) is 5.73. The maximum atomic E-state index is 12.3. The predicted molar refractivity (Wildman–Crippen MR) is 109 cm³/mol. The highest BCUT2D eigenvalue weighted by atomic mass is 16.5. The van der Waals surface area contributed by atoms with E-state index in [0.717, 1.165) is 23.4 Å². The van der Waals surface area contributed by atoms with Gasteiger partial charge in [0.05, 0.1) is 13.2 Å². The van der Waals surface area contributed by atoms with Crippen LogP contribution in [0.1, 0.15) is 38.3 Å². The highest BCUT2D eigenvalue weighted by Crippen LogP contribution is 2.52. The number of carbonyl (C=O) groups is 1. The molecule has 4 nitrogen and oxygen atoms in total. The molecule has 1 N–H and O–H groups in total. The first-order valence-electron chi connectivity index (χ1n) is 9.58. The number of hydrogen-bond acceptors (Lipinski definition) is 3. The number of anilines is 1. The number of carbonyl (C=O) groups excluding carboxylic acids is 1. The van der Waals surface area contributed by atoms with Gasteiger partial charge in [0.25, 0.3) is 0 Å². The second-order valence-corrected chi connectivity index (χ2v) is 7.80. The molecule has 1 fully saturated rings. The summed E-state index contributed by atoms with van der Waals surface area (Å²) in [7, 11) is 0. The van der Waals surface area contributed by atoms with Gasteiger partial charge in [0.15, 0.2) is 0 Å². The Kier molecular flexibility index (Phi) is 4.22. The first-order chi connectivity index (χ1) is 13.0. The Morgan fingerprint density at radius 3 is 2.81 bits per heavy atom. The van der Waals surface area contributed by atoms with Crippen LogP contribution in [0.5, 0.6) is 5.75 Å². The van der Waals surface area contributed by atoms with E-state index >= 15 is 0 Å². The molecule has 4 rings (SSSR count). The molecule has 2 aliphatic rings. The highest BCUT2D eigenvalue weighted by Gasteiger charge is 2.59. The second kappa shape index (κ2) is 6.45. The van der Waals surface area contributed by atoms with Crippen molar-refractivity contribution in [3.05, 3.63) is 65.7 Å². The number of fused-ring (bicyclic) bond motifs is 3. The van der Waals surface area contributed by atoms with Gasteiger partial charge < -0.3 is 15.0 Å². The molecule has 4 heteroatoms. The zero-order valence-electron chi connectivity index (χ0n) is 16.2. The van der Waals surface area contributed by atoms with Crippen LogP contribution in [0.25, 0.3) is 6.08 Å². The molecule has 0 aliphatic carbocycles. The summed E-state index contributed by atoms with van der Waals surface area (Å²) in [5.74, 6) is 0.931. The standard InChI is InChI=1S/C23H26N2O2/c1-4-14-27-18-9-7-8-17(15-18)12-13-23-22(2,3)19-10-5-6-11-20(19)25(23)16-21(26)24-23/h5-13,15H,4,14,16H2,1-3H3,(H,24,26)/t23-/m0/s1. The van der Waals surface area contributed by atoms with Crippen LogP contribution in [0.4, 0.5) is 5.69 Å². The van der Waals surface area contributed by atoms with Crippen LogP contribution in [-0.4, -0.2) is 24.7 Å². The average Bonchev–Trinajstić information content (AvgIpc) is 3.10. The summed E-state index contributed by atoms with van der Waals surface area (Å²) in [5, 5.41) is 3.25. The molecule has 140 valence electrons. The van der Waals surface area contributed by atoms with Gasteiger partial charge in [-0.2, -0.15) is 0 Å². The molecular weight excluding hydrogens is 336 g/mol. The number of rotatable bonds is 5. The van der Waals surface area contributed by atoms with Crippen molar-refractivity contribution in [2.45, 2.75) is 38.3 Å². The second-order valence-electron chi connectivity index (χ2n) is 7.80. The highest BCUT2D eigenvalue weighted by molar-refractivity contribution is 5.91. The van der Waals surface area contributed by atoms with Gasteiger partial charge in [0, 0.05) is 11.1 Å². The lowest BCUT2D eigenvalue weighted by molar-refractivity contribution is -0.118. The molecule has 0 saturated carbocycles. The van der Waals surface area contributed by atoms with Crippen LogP contribution in [0.2, 0.25) is 0 Å². The van der Waals surface area contributed by atoms with Crippen LogP contribution in [0, 0.1) is 0 Å². The van der Waals surface area contributed by atoms with E-state index in [4.69, 9.17) is 4.74 Å². The first kappa shape index (κ1) is 17.7. The van der Waals surface area contributed by atoms with Gasteiger partial charge in [0.1, 0.15) is 11.4 Å². The van der Waals surface area contributed by atoms with Crippen molar-refractivity contribution in [3.63, 3.8) is 0 Å². The summed E-state index contributed by atoms with van der Waals surface area (Å²) in [5.41, 5.74) is 2.64. The van der Waals surface area contributed by atoms with E-state index in [9.17, 15) is 4.79 Å². The minimum atomic E-state index is -0.561. The fraction of sp³-hybridized carbons (Fsp3) is 0.348. The molecule has 1 saturated heterocycles. The van der Waals surface area contributed by atoms with E-state index in [1.54, 1.807) is 0 Å². The number of para-hydroxylation sites is 1. The maximum Gasteiger partial charge on any atom is 0.241 e. The van der Waals surface area contributed by atoms with Crippen molar-refractivity contribution in [3.8, 4) is 5.75 Å². The Balaban J connectivity index is 1.72. The Bertz CT molecular complexity index is 903. The third kappa shape index (κ3) is 2.71. The number of nitrogens with zero attached hydrogens (tertiary/aromatic N) is 1. The quantitative estimate of drug-likeness (QED) is 0.870. The summed E-state index contributed by atoms with van der Waals surface area (Å²) in [6.45, 7) is 7.58. The van der Waals surface area contributed by atoms with Crippen LogP contribution in [0.3, 0.4) is 0 Å². The van der Waals surface area contributed by atoms with E-state index < -0.39 is 5.66 Å². The van der Waals surface area contributed by atoms with E-state index in [2.05, 4.69) is 67.4 Å². The minimum Gasteiger partial charge on any atom is -0.494 e. The largest absolute Gasteiger partial charge is 0.494 e. The van der Waals surface area contributed by atoms with E-state index in [0.29, 0.717) is 13.2 Å². The minimum absolute atomic E-state index is 0.0576. The first-order valence-corrected chi connectivity index (χ1v) is 9.58. The lowest BCUT2D eigenvalue weighted by Gasteiger charge is -2.40. The van der Waals surface area contributed by atoms with E-state index in [1.807, 2.05) is 24.3 Å². The van der Waals surface area contributed by atoms with Crippen molar-refractivity contribution >= 4 is 17.7 Å². The molecular formula is C23H26N2O2. The van der Waals surface area contributed by atoms with Gasteiger partial charge in [0.2, 0.25) is 5.91 Å². The van der Waals surface area contributed by atoms with Crippen LogP contribution in [-0.2, 0) is 10.2 Å². The molecule has 2 aliphatic heterocycles. The molecule has 0 radical (unpaired) electrons. The zero-order chi connectivity index (χ0) is 19.1. The van der Waals surface area contributed by atoms with Crippen molar-refractivity contribution in [1.82, 2.24) is 5.32 Å². The normalized spacial score (nSPS) is 22.6. The Hall–Kier alpha value is -2.75. The molecule has 2 heterocycles. The Morgan fingerprint density at radius 2 is 2.00 bits per heavy atom. The SMILES string of the molecule is CCCOc1cccc(C=C[C@]23NC(=O)CN2c2ccccc2C3(C)C)c1. The Labute approximate surface area is 160 Å². The van der Waals surface area contributed by atoms with Crippen molar-refractivity contribution in [1.29, 1.82) is 0 Å². The monoisotopic (exact) mass is 362 g/mol. The smallest absolute Gasteiger partial charge is 0.241 e. The number of amides is 1. The van der Waals surface area contributed by atoms with E-state index in [1.165, 1.54) is 5.56 Å². The molecule has 0 bridgehead atoms. The van der Waals surface area contributed by atoms with Gasteiger partial charge in [-0.3, -0.25) is 4.79 Å². The fourth-order valence-electron chi connectivity index (χ4n) is 4.28. The molecule has 27 heavy (non-hydrogen) atoms. The van der Waals surface area contributed by atoms with Crippen molar-refractivity contribution in [2.75, 3.05) is 18.1 Å². The molecule has 2 aromatic rings.